The second kappa shape index (κ2) is 12.0. The third-order valence-electron chi connectivity index (χ3n) is 5.36. The van der Waals surface area contributed by atoms with Crippen LogP contribution in [0.15, 0.2) is 30.3 Å². The molecule has 1 N–H and O–H groups in total. The Hall–Kier alpha value is -1.74. The number of rotatable bonds is 12. The minimum absolute atomic E-state index is 0.429. The molecule has 0 saturated heterocycles. The molecule has 2 radical (unpaired) electrons. The maximum Gasteiger partial charge on any atom is 0.131 e. The van der Waals surface area contributed by atoms with Gasteiger partial charge in [-0.05, 0) is 72.9 Å². The molecule has 0 spiro atoms. The van der Waals surface area contributed by atoms with Crippen molar-refractivity contribution in [3.63, 3.8) is 0 Å². The first-order valence-electron chi connectivity index (χ1n) is 11.0. The summed E-state index contributed by atoms with van der Waals surface area (Å²) in [5.74, 6) is 1.40. The summed E-state index contributed by atoms with van der Waals surface area (Å²) in [6, 6.07) is 10.7. The van der Waals surface area contributed by atoms with Gasteiger partial charge in [-0.1, -0.05) is 63.9 Å². The van der Waals surface area contributed by atoms with E-state index in [1.165, 1.54) is 16.3 Å². The molecular formula is C25H36O2Si. The molecule has 0 heterocycles. The van der Waals surface area contributed by atoms with E-state index in [4.69, 9.17) is 4.74 Å². The lowest BCUT2D eigenvalue weighted by atomic mass is 10.0. The largest absolute Gasteiger partial charge is 0.508 e. The van der Waals surface area contributed by atoms with E-state index >= 15 is 0 Å². The predicted molar refractivity (Wildman–Crippen MR) is 121 cm³/mol. The third-order valence-corrected chi connectivity index (χ3v) is 6.50. The molecule has 0 aliphatic heterocycles. The third kappa shape index (κ3) is 6.13. The highest BCUT2D eigenvalue weighted by Crippen LogP contribution is 2.30. The van der Waals surface area contributed by atoms with Crippen LogP contribution in [0.2, 0.25) is 0 Å². The molecule has 0 amide bonds. The van der Waals surface area contributed by atoms with Gasteiger partial charge >= 0.3 is 0 Å². The Morgan fingerprint density at radius 3 is 2.21 bits per heavy atom. The van der Waals surface area contributed by atoms with Crippen molar-refractivity contribution in [1.29, 1.82) is 0 Å². The van der Waals surface area contributed by atoms with Crippen molar-refractivity contribution in [3.8, 4) is 11.5 Å². The van der Waals surface area contributed by atoms with Crippen molar-refractivity contribution in [2.45, 2.75) is 79.1 Å². The van der Waals surface area contributed by atoms with E-state index in [9.17, 15) is 5.11 Å². The van der Waals surface area contributed by atoms with Gasteiger partial charge in [-0.2, -0.15) is 0 Å². The highest BCUT2D eigenvalue weighted by Gasteiger charge is 2.12. The van der Waals surface area contributed by atoms with Gasteiger partial charge in [0.25, 0.3) is 0 Å². The molecule has 2 nitrogen and oxygen atoms in total. The Balaban J connectivity index is 2.15. The molecule has 0 atom stereocenters. The van der Waals surface area contributed by atoms with Crippen molar-refractivity contribution in [1.82, 2.24) is 0 Å². The zero-order chi connectivity index (χ0) is 20.4. The number of aromatic hydroxyl groups is 1. The van der Waals surface area contributed by atoms with Crippen LogP contribution in [0.5, 0.6) is 11.5 Å². The minimum atomic E-state index is 0.429. The summed E-state index contributed by atoms with van der Waals surface area (Å²) in [4.78, 5) is 0. The summed E-state index contributed by atoms with van der Waals surface area (Å²) in [6.07, 6.45) is 9.21. The van der Waals surface area contributed by atoms with E-state index in [0.717, 1.165) is 68.2 Å². The van der Waals surface area contributed by atoms with Crippen LogP contribution in [0.25, 0.3) is 0 Å². The second-order valence-corrected chi connectivity index (χ2v) is 8.59. The van der Waals surface area contributed by atoms with Crippen molar-refractivity contribution in [2.24, 2.45) is 0 Å². The normalized spacial score (nSPS) is 11.0. The van der Waals surface area contributed by atoms with Crippen LogP contribution < -0.4 is 9.92 Å². The van der Waals surface area contributed by atoms with Crippen LogP contribution in [0, 0.1) is 0 Å². The summed E-state index contributed by atoms with van der Waals surface area (Å²) >= 11 is 0. The van der Waals surface area contributed by atoms with Gasteiger partial charge in [0.05, 0.1) is 6.23 Å². The number of aryl methyl sites for hydroxylation is 3. The molecule has 152 valence electrons. The average molecular weight is 397 g/mol. The van der Waals surface area contributed by atoms with E-state index in [1.807, 2.05) is 6.07 Å². The highest BCUT2D eigenvalue weighted by atomic mass is 28.2. The monoisotopic (exact) mass is 396 g/mol. The van der Waals surface area contributed by atoms with Crippen molar-refractivity contribution in [3.05, 3.63) is 52.6 Å². The Morgan fingerprint density at radius 2 is 1.57 bits per heavy atom. The van der Waals surface area contributed by atoms with Crippen molar-refractivity contribution < 1.29 is 9.84 Å². The number of benzene rings is 2. The Kier molecular flexibility index (Phi) is 9.63. The van der Waals surface area contributed by atoms with Gasteiger partial charge in [0.1, 0.15) is 21.0 Å². The molecule has 2 aromatic rings. The maximum absolute atomic E-state index is 10.4. The number of unbranched alkanes of at least 4 members (excludes halogenated alkanes) is 2. The number of hydrogen-bond donors (Lipinski definition) is 1. The quantitative estimate of drug-likeness (QED) is 0.475. The van der Waals surface area contributed by atoms with Gasteiger partial charge in [-0.3, -0.25) is 0 Å². The first-order chi connectivity index (χ1) is 13.6. The zero-order valence-corrected chi connectivity index (χ0v) is 19.1. The predicted octanol–water partition coefficient (Wildman–Crippen LogP) is 5.57. The Bertz CT molecular complexity index is 740. The van der Waals surface area contributed by atoms with Crippen LogP contribution in [-0.4, -0.2) is 20.9 Å². The first kappa shape index (κ1) is 22.5. The lowest BCUT2D eigenvalue weighted by Gasteiger charge is -2.16. The average Bonchev–Trinajstić information content (AvgIpc) is 2.72. The lowest BCUT2D eigenvalue weighted by molar-refractivity contribution is 0.377. The number of phenolic OH excluding ortho intramolecular Hbond substituents is 1. The van der Waals surface area contributed by atoms with E-state index in [-0.39, 0.29) is 0 Å². The molecule has 0 bridgehead atoms. The van der Waals surface area contributed by atoms with Gasteiger partial charge < -0.3 is 9.84 Å². The molecule has 2 aromatic carbocycles. The molecule has 0 unspecified atom stereocenters. The van der Waals surface area contributed by atoms with Gasteiger partial charge in [0.15, 0.2) is 0 Å². The minimum Gasteiger partial charge on any atom is -0.508 e. The van der Waals surface area contributed by atoms with E-state index in [2.05, 4.69) is 52.0 Å². The molecule has 0 saturated carbocycles. The summed E-state index contributed by atoms with van der Waals surface area (Å²) in [5.41, 5.74) is 5.11. The van der Waals surface area contributed by atoms with Crippen LogP contribution >= 0.6 is 0 Å². The van der Waals surface area contributed by atoms with Crippen LogP contribution in [0.4, 0.5) is 0 Å². The van der Waals surface area contributed by atoms with Crippen LogP contribution in [0.3, 0.4) is 0 Å². The number of phenols is 1. The van der Waals surface area contributed by atoms with E-state index < -0.39 is 0 Å². The highest BCUT2D eigenvalue weighted by molar-refractivity contribution is 6.54. The van der Waals surface area contributed by atoms with Crippen molar-refractivity contribution >= 4 is 14.7 Å². The van der Waals surface area contributed by atoms with Gasteiger partial charge in [-0.15, -0.1) is 0 Å². The fourth-order valence-corrected chi connectivity index (χ4v) is 4.81. The fourth-order valence-electron chi connectivity index (χ4n) is 3.66. The molecule has 0 fully saturated rings. The molecule has 0 aromatic heterocycles. The SMILES string of the molecule is CCCCc1cc(OC[Si]c2cccc(CC)c2CC)c(CCCC)cc1O. The maximum atomic E-state index is 10.4. The molecule has 0 aliphatic carbocycles. The molecule has 3 heteroatoms. The second-order valence-electron chi connectivity index (χ2n) is 7.41. The summed E-state index contributed by atoms with van der Waals surface area (Å²) < 4.78 is 6.29. The number of hydrogen-bond acceptors (Lipinski definition) is 2. The molecule has 2 rings (SSSR count). The lowest BCUT2D eigenvalue weighted by Crippen LogP contribution is -2.26. The van der Waals surface area contributed by atoms with Gasteiger partial charge in [0.2, 0.25) is 0 Å². The summed E-state index contributed by atoms with van der Waals surface area (Å²) in [7, 11) is 0.644. The van der Waals surface area contributed by atoms with Gasteiger partial charge in [-0.25, -0.2) is 0 Å². The molecule has 28 heavy (non-hydrogen) atoms. The fraction of sp³-hybridized carbons (Fsp3) is 0.520. The zero-order valence-electron chi connectivity index (χ0n) is 18.1. The summed E-state index contributed by atoms with van der Waals surface area (Å²) in [5, 5.41) is 11.8. The van der Waals surface area contributed by atoms with E-state index in [1.54, 1.807) is 0 Å². The Morgan fingerprint density at radius 1 is 0.857 bits per heavy atom. The number of ether oxygens (including phenoxy) is 1. The molecule has 0 aliphatic rings. The van der Waals surface area contributed by atoms with Gasteiger partial charge in [0, 0.05) is 0 Å². The summed E-state index contributed by atoms with van der Waals surface area (Å²) in [6.45, 7) is 8.85. The Labute approximate surface area is 174 Å². The van der Waals surface area contributed by atoms with Crippen LogP contribution in [-0.2, 0) is 25.7 Å². The topological polar surface area (TPSA) is 29.5 Å². The first-order valence-corrected chi connectivity index (χ1v) is 12.2. The standard InChI is InChI=1S/C25H36O2Si/c1-5-9-12-20-17-24(21(13-10-6-2)16-23(20)26)27-18-28-25-15-11-14-19(7-3)22(25)8-4/h11,14-17,26H,5-10,12-13,18H2,1-4H3. The smallest absolute Gasteiger partial charge is 0.131 e. The van der Waals surface area contributed by atoms with Crippen molar-refractivity contribution in [2.75, 3.05) is 6.23 Å². The van der Waals surface area contributed by atoms with Crippen LogP contribution in [0.1, 0.15) is 75.6 Å². The van der Waals surface area contributed by atoms with E-state index in [0.29, 0.717) is 21.5 Å². The molecular weight excluding hydrogens is 360 g/mol.